The maximum absolute atomic E-state index is 13.4. The highest BCUT2D eigenvalue weighted by atomic mass is 32.2. The molecule has 2 aliphatic rings. The third-order valence-corrected chi connectivity index (χ3v) is 7.54. The van der Waals surface area contributed by atoms with E-state index in [1.807, 2.05) is 38.1 Å². The second-order valence-electron chi connectivity index (χ2n) is 7.38. The van der Waals surface area contributed by atoms with Crippen molar-refractivity contribution in [3.8, 4) is 5.75 Å². The average Bonchev–Trinajstić information content (AvgIpc) is 2.56. The number of sulfone groups is 1. The van der Waals surface area contributed by atoms with Crippen LogP contribution in [0.2, 0.25) is 0 Å². The van der Waals surface area contributed by atoms with Gasteiger partial charge in [0.15, 0.2) is 20.8 Å². The maximum Gasteiger partial charge on any atom is 0.242 e. The summed E-state index contributed by atoms with van der Waals surface area (Å²) >= 11 is 0. The van der Waals surface area contributed by atoms with Gasteiger partial charge in [0.25, 0.3) is 0 Å². The Kier molecular flexibility index (Phi) is 3.67. The summed E-state index contributed by atoms with van der Waals surface area (Å²) in [5.74, 6) is -0.312. The smallest absolute Gasteiger partial charge is 0.242 e. The van der Waals surface area contributed by atoms with Gasteiger partial charge in [0.2, 0.25) is 5.91 Å². The minimum atomic E-state index is -3.84. The number of carbonyl (C=O) groups excluding carboxylic acids is 1. The van der Waals surface area contributed by atoms with Crippen LogP contribution in [-0.4, -0.2) is 25.3 Å². The molecule has 2 aliphatic heterocycles. The summed E-state index contributed by atoms with van der Waals surface area (Å²) < 4.78 is 32.7. The molecule has 0 radical (unpaired) electrons. The molecule has 0 aliphatic carbocycles. The van der Waals surface area contributed by atoms with Crippen LogP contribution in [0.4, 0.5) is 0 Å². The summed E-state index contributed by atoms with van der Waals surface area (Å²) in [5, 5.41) is 1.61. The molecular weight excluding hydrogens is 350 g/mol. The van der Waals surface area contributed by atoms with E-state index in [-0.39, 0.29) is 4.90 Å². The predicted octanol–water partition coefficient (Wildman–Crippen LogP) is 2.86. The van der Waals surface area contributed by atoms with Crippen molar-refractivity contribution in [3.63, 3.8) is 0 Å². The van der Waals surface area contributed by atoms with Crippen molar-refractivity contribution in [2.45, 2.75) is 49.0 Å². The van der Waals surface area contributed by atoms with Gasteiger partial charge in [0, 0.05) is 12.3 Å². The van der Waals surface area contributed by atoms with E-state index < -0.39 is 32.6 Å². The quantitative estimate of drug-likeness (QED) is 0.881. The monoisotopic (exact) mass is 371 g/mol. The van der Waals surface area contributed by atoms with Gasteiger partial charge >= 0.3 is 0 Å². The second kappa shape index (κ2) is 5.58. The Bertz CT molecular complexity index is 1010. The molecule has 0 aromatic heterocycles. The fraction of sp³-hybridized carbons (Fsp3) is 0.350. The van der Waals surface area contributed by atoms with Crippen LogP contribution in [0.3, 0.4) is 0 Å². The van der Waals surface area contributed by atoms with Gasteiger partial charge in [-0.15, -0.1) is 0 Å². The molecule has 136 valence electrons. The minimum absolute atomic E-state index is 0.188. The zero-order valence-corrected chi connectivity index (χ0v) is 15.8. The highest BCUT2D eigenvalue weighted by molar-refractivity contribution is 7.92. The van der Waals surface area contributed by atoms with Gasteiger partial charge in [0.1, 0.15) is 5.75 Å². The Morgan fingerprint density at radius 2 is 1.85 bits per heavy atom. The standard InChI is InChI=1S/C20H21NO4S/c1-12-8-9-14(10-13(12)2)26(23,24)18-16-11-20(3,21-19(18)22)25-17-7-5-4-6-15(16)17/h4-10,16,18H,11H2,1-3H3,(H,21,22). The van der Waals surface area contributed by atoms with E-state index in [2.05, 4.69) is 5.32 Å². The molecule has 6 heteroatoms. The van der Waals surface area contributed by atoms with Gasteiger partial charge in [0.05, 0.1) is 4.90 Å². The minimum Gasteiger partial charge on any atom is -0.468 e. The number of hydrogen-bond acceptors (Lipinski definition) is 4. The number of piperidine rings is 1. The molecule has 1 saturated heterocycles. The normalized spacial score (nSPS) is 27.3. The van der Waals surface area contributed by atoms with Crippen LogP contribution < -0.4 is 10.1 Å². The van der Waals surface area contributed by atoms with Crippen LogP contribution >= 0.6 is 0 Å². The Labute approximate surface area is 153 Å². The SMILES string of the molecule is Cc1ccc(S(=O)(=O)C2C(=O)NC3(C)CC2c2ccccc2O3)cc1C. The average molecular weight is 371 g/mol. The maximum atomic E-state index is 13.4. The molecule has 1 N–H and O–H groups in total. The fourth-order valence-electron chi connectivity index (χ4n) is 3.95. The molecular formula is C20H21NO4S. The number of aryl methyl sites for hydroxylation is 2. The second-order valence-corrected chi connectivity index (χ2v) is 9.45. The molecule has 2 heterocycles. The molecule has 3 unspecified atom stereocenters. The van der Waals surface area contributed by atoms with Crippen molar-refractivity contribution in [3.05, 3.63) is 59.2 Å². The van der Waals surface area contributed by atoms with Crippen LogP contribution in [0.1, 0.15) is 36.0 Å². The number of ether oxygens (including phenoxy) is 1. The first-order chi connectivity index (χ1) is 12.2. The first-order valence-electron chi connectivity index (χ1n) is 8.62. The van der Waals surface area contributed by atoms with Gasteiger partial charge in [-0.1, -0.05) is 24.3 Å². The lowest BCUT2D eigenvalue weighted by Gasteiger charge is -2.46. The number of amides is 1. The van der Waals surface area contributed by atoms with Crippen LogP contribution in [0, 0.1) is 13.8 Å². The van der Waals surface area contributed by atoms with Crippen LogP contribution in [0.15, 0.2) is 47.4 Å². The summed E-state index contributed by atoms with van der Waals surface area (Å²) in [5.41, 5.74) is 1.79. The number of rotatable bonds is 2. The van der Waals surface area contributed by atoms with Crippen LogP contribution in [0.5, 0.6) is 5.75 Å². The molecule has 26 heavy (non-hydrogen) atoms. The number of fused-ring (bicyclic) bond motifs is 4. The van der Waals surface area contributed by atoms with E-state index in [1.54, 1.807) is 25.1 Å². The zero-order chi connectivity index (χ0) is 18.7. The molecule has 3 atom stereocenters. The van der Waals surface area contributed by atoms with E-state index in [9.17, 15) is 13.2 Å². The van der Waals surface area contributed by atoms with Crippen molar-refractivity contribution in [2.75, 3.05) is 0 Å². The van der Waals surface area contributed by atoms with Crippen molar-refractivity contribution >= 4 is 15.7 Å². The van der Waals surface area contributed by atoms with Gasteiger partial charge in [-0.25, -0.2) is 8.42 Å². The molecule has 2 aromatic carbocycles. The molecule has 2 bridgehead atoms. The number of para-hydroxylation sites is 1. The molecule has 0 spiro atoms. The summed E-state index contributed by atoms with van der Waals surface area (Å²) in [6, 6.07) is 12.4. The lowest BCUT2D eigenvalue weighted by molar-refractivity contribution is -0.132. The van der Waals surface area contributed by atoms with E-state index in [0.29, 0.717) is 12.2 Å². The Balaban J connectivity index is 1.86. The predicted molar refractivity (Wildman–Crippen MR) is 97.9 cm³/mol. The molecule has 5 nitrogen and oxygen atoms in total. The van der Waals surface area contributed by atoms with Crippen molar-refractivity contribution < 1.29 is 17.9 Å². The van der Waals surface area contributed by atoms with E-state index in [4.69, 9.17) is 4.74 Å². The number of benzene rings is 2. The molecule has 0 saturated carbocycles. The summed E-state index contributed by atoms with van der Waals surface area (Å²) in [6.07, 6.45) is 0.421. The summed E-state index contributed by atoms with van der Waals surface area (Å²) in [7, 11) is -3.84. The van der Waals surface area contributed by atoms with E-state index in [0.717, 1.165) is 16.7 Å². The van der Waals surface area contributed by atoms with Gasteiger partial charge in [-0.05, 0) is 55.7 Å². The molecule has 4 rings (SSSR count). The lowest BCUT2D eigenvalue weighted by Crippen LogP contribution is -2.63. The topological polar surface area (TPSA) is 72.5 Å². The van der Waals surface area contributed by atoms with Gasteiger partial charge in [-0.3, -0.25) is 4.79 Å². The van der Waals surface area contributed by atoms with E-state index in [1.165, 1.54) is 0 Å². The Morgan fingerprint density at radius 1 is 1.12 bits per heavy atom. The molecule has 2 aromatic rings. The van der Waals surface area contributed by atoms with Crippen molar-refractivity contribution in [1.82, 2.24) is 5.32 Å². The summed E-state index contributed by atoms with van der Waals surface area (Å²) in [4.78, 5) is 13.0. The summed E-state index contributed by atoms with van der Waals surface area (Å²) in [6.45, 7) is 5.59. The Morgan fingerprint density at radius 3 is 2.58 bits per heavy atom. The first kappa shape index (κ1) is 17.1. The van der Waals surface area contributed by atoms with Gasteiger partial charge < -0.3 is 10.1 Å². The fourth-order valence-corrected chi connectivity index (χ4v) is 5.86. The van der Waals surface area contributed by atoms with Crippen molar-refractivity contribution in [1.29, 1.82) is 0 Å². The lowest BCUT2D eigenvalue weighted by atomic mass is 9.81. The zero-order valence-electron chi connectivity index (χ0n) is 14.9. The highest BCUT2D eigenvalue weighted by Gasteiger charge is 2.54. The highest BCUT2D eigenvalue weighted by Crippen LogP contribution is 2.47. The number of nitrogens with one attached hydrogen (secondary N) is 1. The third kappa shape index (κ3) is 2.51. The Hall–Kier alpha value is -2.34. The largest absolute Gasteiger partial charge is 0.468 e. The number of carbonyl (C=O) groups is 1. The third-order valence-electron chi connectivity index (χ3n) is 5.42. The first-order valence-corrected chi connectivity index (χ1v) is 10.2. The molecule has 1 fully saturated rings. The van der Waals surface area contributed by atoms with E-state index >= 15 is 0 Å². The van der Waals surface area contributed by atoms with Crippen molar-refractivity contribution in [2.24, 2.45) is 0 Å². The van der Waals surface area contributed by atoms with Crippen LogP contribution in [-0.2, 0) is 14.6 Å². The molecule has 1 amide bonds. The van der Waals surface area contributed by atoms with Crippen LogP contribution in [0.25, 0.3) is 0 Å². The van der Waals surface area contributed by atoms with Gasteiger partial charge in [-0.2, -0.15) is 0 Å². The number of hydrogen-bond donors (Lipinski definition) is 1.